The standard InChI is InChI=1S/C22H32BN3O4S/c1-31-13-11-20(23(29)30)26-22(28)19(8-4-5-12-24)25-21(27)15-16-9-10-17-6-2-3-7-18(17)14-16/h2-3,6-7,9-10,14,19-20,29-30H,4-5,8,11-13,15,24H2,1H3,(H,25,27)(H,26,28)/t19-,20-/m0/s1. The zero-order chi connectivity index (χ0) is 22.6. The predicted molar refractivity (Wildman–Crippen MR) is 128 cm³/mol. The Hall–Kier alpha value is -2.07. The largest absolute Gasteiger partial charge is 0.475 e. The molecule has 2 amide bonds. The number of nitrogens with one attached hydrogen (secondary N) is 2. The maximum atomic E-state index is 12.8. The summed E-state index contributed by atoms with van der Waals surface area (Å²) in [7, 11) is -1.66. The fourth-order valence-corrected chi connectivity index (χ4v) is 3.85. The van der Waals surface area contributed by atoms with E-state index in [-0.39, 0.29) is 12.3 Å². The molecule has 31 heavy (non-hydrogen) atoms. The van der Waals surface area contributed by atoms with Gasteiger partial charge in [0.25, 0.3) is 0 Å². The van der Waals surface area contributed by atoms with Crippen LogP contribution in [0.3, 0.4) is 0 Å². The van der Waals surface area contributed by atoms with E-state index >= 15 is 0 Å². The SMILES string of the molecule is CSCC[C@H](NC(=O)[C@H](CCCCN)NC(=O)Cc1ccc2ccccc2c1)B(O)O. The van der Waals surface area contributed by atoms with Crippen LogP contribution in [-0.4, -0.2) is 59.5 Å². The second kappa shape index (κ2) is 13.4. The molecule has 9 heteroatoms. The van der Waals surface area contributed by atoms with Crippen molar-refractivity contribution in [3.8, 4) is 0 Å². The summed E-state index contributed by atoms with van der Waals surface area (Å²) in [5.41, 5.74) is 6.42. The highest BCUT2D eigenvalue weighted by molar-refractivity contribution is 7.98. The average molecular weight is 445 g/mol. The summed E-state index contributed by atoms with van der Waals surface area (Å²) in [6.07, 6.45) is 4.34. The Bertz CT molecular complexity index is 852. The van der Waals surface area contributed by atoms with Crippen LogP contribution in [0.15, 0.2) is 42.5 Å². The summed E-state index contributed by atoms with van der Waals surface area (Å²) < 4.78 is 0. The first-order valence-electron chi connectivity index (χ1n) is 10.6. The highest BCUT2D eigenvalue weighted by Gasteiger charge is 2.28. The summed E-state index contributed by atoms with van der Waals surface area (Å²) in [4.78, 5) is 25.5. The lowest BCUT2D eigenvalue weighted by atomic mass is 9.77. The minimum atomic E-state index is -1.66. The molecular weight excluding hydrogens is 413 g/mol. The second-order valence-corrected chi connectivity index (χ2v) is 8.56. The van der Waals surface area contributed by atoms with Crippen LogP contribution in [-0.2, 0) is 16.0 Å². The number of unbranched alkanes of at least 4 members (excludes halogenated alkanes) is 1. The van der Waals surface area contributed by atoms with Gasteiger partial charge in [-0.25, -0.2) is 0 Å². The highest BCUT2D eigenvalue weighted by atomic mass is 32.2. The summed E-state index contributed by atoms with van der Waals surface area (Å²) in [5, 5.41) is 26.8. The summed E-state index contributed by atoms with van der Waals surface area (Å²) in [6, 6.07) is 13.0. The molecule has 0 fully saturated rings. The van der Waals surface area contributed by atoms with Gasteiger partial charge in [0.05, 0.1) is 12.4 Å². The Kier molecular flexibility index (Phi) is 10.9. The van der Waals surface area contributed by atoms with Crippen molar-refractivity contribution in [2.45, 2.75) is 44.1 Å². The third kappa shape index (κ3) is 8.53. The number of amides is 2. The number of benzene rings is 2. The molecule has 0 radical (unpaired) electrons. The van der Waals surface area contributed by atoms with Gasteiger partial charge in [-0.2, -0.15) is 11.8 Å². The number of nitrogens with two attached hydrogens (primary N) is 1. The number of hydrogen-bond donors (Lipinski definition) is 5. The number of thioether (sulfide) groups is 1. The van der Waals surface area contributed by atoms with E-state index in [2.05, 4.69) is 10.6 Å². The van der Waals surface area contributed by atoms with E-state index in [1.807, 2.05) is 48.7 Å². The molecule has 7 nitrogen and oxygen atoms in total. The Morgan fingerprint density at radius 2 is 1.81 bits per heavy atom. The molecule has 0 spiro atoms. The van der Waals surface area contributed by atoms with E-state index in [9.17, 15) is 19.6 Å². The van der Waals surface area contributed by atoms with Crippen molar-refractivity contribution in [3.05, 3.63) is 48.0 Å². The third-order valence-electron chi connectivity index (χ3n) is 5.10. The van der Waals surface area contributed by atoms with E-state index in [0.717, 1.165) is 22.8 Å². The van der Waals surface area contributed by atoms with Crippen LogP contribution in [0.1, 0.15) is 31.2 Å². The minimum Gasteiger partial charge on any atom is -0.426 e. The first-order chi connectivity index (χ1) is 14.9. The molecule has 168 valence electrons. The predicted octanol–water partition coefficient (Wildman–Crippen LogP) is 1.25. The van der Waals surface area contributed by atoms with Gasteiger partial charge in [-0.05, 0) is 60.6 Å². The van der Waals surface area contributed by atoms with Crippen molar-refractivity contribution in [3.63, 3.8) is 0 Å². The highest BCUT2D eigenvalue weighted by Crippen LogP contribution is 2.16. The van der Waals surface area contributed by atoms with Gasteiger partial charge in [0.15, 0.2) is 0 Å². The molecule has 0 bridgehead atoms. The number of fused-ring (bicyclic) bond motifs is 1. The van der Waals surface area contributed by atoms with Crippen molar-refractivity contribution in [1.29, 1.82) is 0 Å². The molecule has 2 atom stereocenters. The Morgan fingerprint density at radius 3 is 2.48 bits per heavy atom. The molecule has 0 saturated carbocycles. The lowest BCUT2D eigenvalue weighted by Gasteiger charge is -2.23. The zero-order valence-corrected chi connectivity index (χ0v) is 18.7. The van der Waals surface area contributed by atoms with Crippen LogP contribution < -0.4 is 16.4 Å². The maximum Gasteiger partial charge on any atom is 0.475 e. The number of carbonyl (C=O) groups excluding carboxylic acids is 2. The van der Waals surface area contributed by atoms with Gasteiger partial charge in [0, 0.05) is 0 Å². The van der Waals surface area contributed by atoms with E-state index < -0.39 is 25.0 Å². The fourth-order valence-electron chi connectivity index (χ4n) is 3.37. The van der Waals surface area contributed by atoms with Gasteiger partial charge in [0.2, 0.25) is 11.8 Å². The van der Waals surface area contributed by atoms with Crippen LogP contribution in [0, 0.1) is 0 Å². The van der Waals surface area contributed by atoms with Gasteiger partial charge in [-0.1, -0.05) is 42.5 Å². The molecule has 0 aliphatic carbocycles. The molecule has 0 aliphatic heterocycles. The Balaban J connectivity index is 2.03. The van der Waals surface area contributed by atoms with E-state index in [0.29, 0.717) is 31.6 Å². The van der Waals surface area contributed by atoms with E-state index in [1.54, 1.807) is 11.8 Å². The molecule has 0 saturated heterocycles. The molecule has 0 aliphatic rings. The molecule has 6 N–H and O–H groups in total. The average Bonchev–Trinajstić information content (AvgIpc) is 2.75. The summed E-state index contributed by atoms with van der Waals surface area (Å²) in [6.45, 7) is 0.505. The fraction of sp³-hybridized carbons (Fsp3) is 0.455. The molecule has 2 aromatic carbocycles. The van der Waals surface area contributed by atoms with Gasteiger partial charge in [0.1, 0.15) is 6.04 Å². The lowest BCUT2D eigenvalue weighted by Crippen LogP contribution is -2.54. The van der Waals surface area contributed by atoms with Crippen LogP contribution >= 0.6 is 11.8 Å². The minimum absolute atomic E-state index is 0.157. The quantitative estimate of drug-likeness (QED) is 0.234. The van der Waals surface area contributed by atoms with Crippen molar-refractivity contribution in [2.75, 3.05) is 18.6 Å². The second-order valence-electron chi connectivity index (χ2n) is 7.57. The van der Waals surface area contributed by atoms with E-state index in [1.165, 1.54) is 0 Å². The summed E-state index contributed by atoms with van der Waals surface area (Å²) >= 11 is 1.56. The normalized spacial score (nSPS) is 12.9. The van der Waals surface area contributed by atoms with Crippen molar-refractivity contribution in [2.24, 2.45) is 5.73 Å². The molecule has 0 unspecified atom stereocenters. The van der Waals surface area contributed by atoms with Gasteiger partial charge in [-0.3, -0.25) is 9.59 Å². The number of carbonyl (C=O) groups is 2. The smallest absolute Gasteiger partial charge is 0.426 e. The summed E-state index contributed by atoms with van der Waals surface area (Å²) in [5.74, 6) is -0.778. The van der Waals surface area contributed by atoms with E-state index in [4.69, 9.17) is 5.73 Å². The Morgan fingerprint density at radius 1 is 1.06 bits per heavy atom. The van der Waals surface area contributed by atoms with Gasteiger partial charge in [-0.15, -0.1) is 0 Å². The van der Waals surface area contributed by atoms with Gasteiger partial charge >= 0.3 is 7.12 Å². The third-order valence-corrected chi connectivity index (χ3v) is 5.74. The Labute approximate surface area is 188 Å². The van der Waals surface area contributed by atoms with Gasteiger partial charge < -0.3 is 26.4 Å². The van der Waals surface area contributed by atoms with Crippen LogP contribution in [0.5, 0.6) is 0 Å². The molecule has 2 aromatic rings. The molecule has 0 aromatic heterocycles. The van der Waals surface area contributed by atoms with Crippen LogP contribution in [0.2, 0.25) is 0 Å². The number of rotatable bonds is 13. The van der Waals surface area contributed by atoms with Crippen molar-refractivity contribution >= 4 is 41.5 Å². The zero-order valence-electron chi connectivity index (χ0n) is 17.9. The monoisotopic (exact) mass is 445 g/mol. The first-order valence-corrected chi connectivity index (χ1v) is 12.0. The first kappa shape index (κ1) is 25.2. The topological polar surface area (TPSA) is 125 Å². The molecule has 2 rings (SSSR count). The van der Waals surface area contributed by atoms with Crippen LogP contribution in [0.25, 0.3) is 10.8 Å². The molecular formula is C22H32BN3O4S. The number of hydrogen-bond acceptors (Lipinski definition) is 6. The van der Waals surface area contributed by atoms with Crippen molar-refractivity contribution in [1.82, 2.24) is 10.6 Å². The lowest BCUT2D eigenvalue weighted by molar-refractivity contribution is -0.129. The maximum absolute atomic E-state index is 12.8. The molecule has 0 heterocycles. The van der Waals surface area contributed by atoms with Crippen LogP contribution in [0.4, 0.5) is 0 Å². The van der Waals surface area contributed by atoms with Crippen molar-refractivity contribution < 1.29 is 19.6 Å².